The van der Waals surface area contributed by atoms with Crippen molar-refractivity contribution < 1.29 is 22.3 Å². The molecular weight excluding hydrogens is 419 g/mol. The summed E-state index contributed by atoms with van der Waals surface area (Å²) in [6.07, 6.45) is 1.35. The maximum Gasteiger partial charge on any atom is 0.254 e. The third kappa shape index (κ3) is 4.51. The first kappa shape index (κ1) is 21.9. The minimum atomic E-state index is -3.65. The van der Waals surface area contributed by atoms with E-state index >= 15 is 0 Å². The summed E-state index contributed by atoms with van der Waals surface area (Å²) in [5, 5.41) is 0. The van der Waals surface area contributed by atoms with Crippen LogP contribution >= 0.6 is 0 Å². The lowest BCUT2D eigenvalue weighted by Gasteiger charge is -2.34. The highest BCUT2D eigenvalue weighted by atomic mass is 32.2. The van der Waals surface area contributed by atoms with E-state index in [0.717, 1.165) is 18.4 Å². The van der Waals surface area contributed by atoms with Crippen molar-refractivity contribution >= 4 is 15.9 Å². The van der Waals surface area contributed by atoms with Gasteiger partial charge in [-0.1, -0.05) is 12.1 Å². The van der Waals surface area contributed by atoms with E-state index in [9.17, 15) is 17.6 Å². The van der Waals surface area contributed by atoms with Crippen LogP contribution in [0.4, 0.5) is 4.39 Å². The number of likely N-dealkylation sites (tertiary alicyclic amines) is 1. The van der Waals surface area contributed by atoms with E-state index in [1.165, 1.54) is 28.6 Å². The minimum Gasteiger partial charge on any atom is -0.373 e. The van der Waals surface area contributed by atoms with Crippen LogP contribution in [-0.4, -0.2) is 55.4 Å². The van der Waals surface area contributed by atoms with Gasteiger partial charge in [-0.15, -0.1) is 0 Å². The molecule has 8 heteroatoms. The van der Waals surface area contributed by atoms with Gasteiger partial charge in [0.2, 0.25) is 10.0 Å². The Balaban J connectivity index is 1.52. The van der Waals surface area contributed by atoms with Crippen LogP contribution in [0.15, 0.2) is 53.4 Å². The molecule has 0 aromatic heterocycles. The van der Waals surface area contributed by atoms with Crippen molar-refractivity contribution in [3.63, 3.8) is 0 Å². The summed E-state index contributed by atoms with van der Waals surface area (Å²) in [5.41, 5.74) is 1.35. The Labute approximate surface area is 182 Å². The number of nitrogens with zero attached hydrogens (tertiary/aromatic N) is 2. The van der Waals surface area contributed by atoms with Gasteiger partial charge >= 0.3 is 0 Å². The topological polar surface area (TPSA) is 66.9 Å². The smallest absolute Gasteiger partial charge is 0.254 e. The molecule has 1 amide bonds. The Hall–Kier alpha value is -2.29. The van der Waals surface area contributed by atoms with Gasteiger partial charge in [0.1, 0.15) is 5.82 Å². The first-order chi connectivity index (χ1) is 14.8. The predicted molar refractivity (Wildman–Crippen MR) is 115 cm³/mol. The Morgan fingerprint density at radius 3 is 2.23 bits per heavy atom. The summed E-state index contributed by atoms with van der Waals surface area (Å²) in [7, 11) is -3.65. The fraction of sp³-hybridized carbons (Fsp3) is 0.435. The van der Waals surface area contributed by atoms with Crippen LogP contribution in [0.25, 0.3) is 0 Å². The zero-order valence-electron chi connectivity index (χ0n) is 17.7. The molecule has 0 aliphatic carbocycles. The van der Waals surface area contributed by atoms with E-state index in [-0.39, 0.29) is 34.9 Å². The highest BCUT2D eigenvalue weighted by Crippen LogP contribution is 2.33. The second-order valence-electron chi connectivity index (χ2n) is 8.31. The van der Waals surface area contributed by atoms with Gasteiger partial charge in [0, 0.05) is 25.2 Å². The summed E-state index contributed by atoms with van der Waals surface area (Å²) in [6.45, 7) is 4.94. The largest absolute Gasteiger partial charge is 0.373 e. The van der Waals surface area contributed by atoms with E-state index in [1.54, 1.807) is 29.2 Å². The van der Waals surface area contributed by atoms with Gasteiger partial charge in [-0.3, -0.25) is 4.79 Å². The standard InChI is InChI=1S/C23H27FN2O4S/c1-16-14-25(15-17(2)30-16)31(28,29)21-11-7-19(8-12-21)23(27)26-13-3-4-22(26)18-5-9-20(24)10-6-18/h5-12,16-17,22H,3-4,13-15H2,1-2H3/t16-,17+,22-/m1/s1. The average molecular weight is 447 g/mol. The third-order valence-corrected chi connectivity index (χ3v) is 7.74. The summed E-state index contributed by atoms with van der Waals surface area (Å²) in [4.78, 5) is 15.1. The molecule has 166 valence electrons. The molecule has 0 unspecified atom stereocenters. The lowest BCUT2D eigenvalue weighted by Crippen LogP contribution is -2.48. The number of hydrogen-bond acceptors (Lipinski definition) is 4. The van der Waals surface area contributed by atoms with Crippen LogP contribution in [0.2, 0.25) is 0 Å². The van der Waals surface area contributed by atoms with Crippen molar-refractivity contribution in [1.29, 1.82) is 0 Å². The minimum absolute atomic E-state index is 0.104. The van der Waals surface area contributed by atoms with E-state index in [1.807, 2.05) is 13.8 Å². The molecule has 0 bridgehead atoms. The molecule has 0 radical (unpaired) electrons. The van der Waals surface area contributed by atoms with Crippen LogP contribution in [0, 0.1) is 5.82 Å². The van der Waals surface area contributed by atoms with Crippen molar-refractivity contribution in [1.82, 2.24) is 9.21 Å². The van der Waals surface area contributed by atoms with Crippen LogP contribution in [-0.2, 0) is 14.8 Å². The maximum absolute atomic E-state index is 13.3. The third-order valence-electron chi connectivity index (χ3n) is 5.89. The van der Waals surface area contributed by atoms with E-state index in [4.69, 9.17) is 4.74 Å². The van der Waals surface area contributed by atoms with Gasteiger partial charge in [-0.2, -0.15) is 4.31 Å². The summed E-state index contributed by atoms with van der Waals surface area (Å²) < 4.78 is 46.4. The van der Waals surface area contributed by atoms with Crippen molar-refractivity contribution in [2.24, 2.45) is 0 Å². The molecule has 0 spiro atoms. The van der Waals surface area contributed by atoms with Gasteiger partial charge < -0.3 is 9.64 Å². The molecule has 0 N–H and O–H groups in total. The van der Waals surface area contributed by atoms with E-state index in [2.05, 4.69) is 0 Å². The molecule has 2 saturated heterocycles. The number of benzene rings is 2. The average Bonchev–Trinajstić information content (AvgIpc) is 3.23. The first-order valence-electron chi connectivity index (χ1n) is 10.6. The molecule has 31 heavy (non-hydrogen) atoms. The number of ether oxygens (including phenoxy) is 1. The zero-order chi connectivity index (χ0) is 22.2. The number of amides is 1. The number of rotatable bonds is 4. The normalized spacial score (nSPS) is 25.0. The molecule has 4 rings (SSSR count). The lowest BCUT2D eigenvalue weighted by atomic mass is 10.0. The Morgan fingerprint density at radius 1 is 1.00 bits per heavy atom. The van der Waals surface area contributed by atoms with Gasteiger partial charge in [0.05, 0.1) is 23.1 Å². The van der Waals surface area contributed by atoms with Crippen molar-refractivity contribution in [3.8, 4) is 0 Å². The first-order valence-corrected chi connectivity index (χ1v) is 12.0. The molecule has 2 fully saturated rings. The number of carbonyl (C=O) groups excluding carboxylic acids is 1. The summed E-state index contributed by atoms with van der Waals surface area (Å²) in [5.74, 6) is -0.454. The molecule has 6 nitrogen and oxygen atoms in total. The molecule has 2 aliphatic heterocycles. The van der Waals surface area contributed by atoms with Crippen LogP contribution in [0.5, 0.6) is 0 Å². The number of hydrogen-bond donors (Lipinski definition) is 0. The molecule has 0 saturated carbocycles. The Morgan fingerprint density at radius 2 is 1.61 bits per heavy atom. The molecule has 3 atom stereocenters. The zero-order valence-corrected chi connectivity index (χ0v) is 18.5. The van der Waals surface area contributed by atoms with E-state index in [0.29, 0.717) is 25.2 Å². The fourth-order valence-corrected chi connectivity index (χ4v) is 6.04. The maximum atomic E-state index is 13.3. The monoisotopic (exact) mass is 446 g/mol. The molecule has 2 heterocycles. The highest BCUT2D eigenvalue weighted by molar-refractivity contribution is 7.89. The van der Waals surface area contributed by atoms with E-state index < -0.39 is 10.0 Å². The van der Waals surface area contributed by atoms with Gasteiger partial charge in [-0.25, -0.2) is 12.8 Å². The van der Waals surface area contributed by atoms with Crippen molar-refractivity contribution in [2.75, 3.05) is 19.6 Å². The number of halogens is 1. The van der Waals surface area contributed by atoms with Gasteiger partial charge in [0.25, 0.3) is 5.91 Å². The predicted octanol–water partition coefficient (Wildman–Crippen LogP) is 3.60. The molecular formula is C23H27FN2O4S. The molecule has 2 aliphatic rings. The number of carbonyl (C=O) groups is 1. The number of sulfonamides is 1. The molecule has 2 aromatic rings. The van der Waals surface area contributed by atoms with Crippen LogP contribution in [0.3, 0.4) is 0 Å². The summed E-state index contributed by atoms with van der Waals surface area (Å²) >= 11 is 0. The lowest BCUT2D eigenvalue weighted by molar-refractivity contribution is -0.0440. The fourth-order valence-electron chi connectivity index (χ4n) is 4.45. The molecule has 2 aromatic carbocycles. The Bertz CT molecular complexity index is 1030. The van der Waals surface area contributed by atoms with Crippen molar-refractivity contribution in [2.45, 2.75) is 49.8 Å². The highest BCUT2D eigenvalue weighted by Gasteiger charge is 2.33. The van der Waals surface area contributed by atoms with Crippen molar-refractivity contribution in [3.05, 3.63) is 65.5 Å². The van der Waals surface area contributed by atoms with Gasteiger partial charge in [-0.05, 0) is 68.7 Å². The van der Waals surface area contributed by atoms with Crippen LogP contribution in [0.1, 0.15) is 48.7 Å². The SMILES string of the molecule is C[C@@H]1CN(S(=O)(=O)c2ccc(C(=O)N3CCC[C@@H]3c3ccc(F)cc3)cc2)C[C@H](C)O1. The summed E-state index contributed by atoms with van der Waals surface area (Å²) in [6, 6.07) is 12.3. The van der Waals surface area contributed by atoms with Gasteiger partial charge in [0.15, 0.2) is 0 Å². The second-order valence-corrected chi connectivity index (χ2v) is 10.2. The quantitative estimate of drug-likeness (QED) is 0.720. The second kappa shape index (κ2) is 8.68. The Kier molecular flexibility index (Phi) is 6.14. The number of morpholine rings is 1. The van der Waals surface area contributed by atoms with Crippen LogP contribution < -0.4 is 0 Å².